The summed E-state index contributed by atoms with van der Waals surface area (Å²) in [5, 5.41) is 25.9. The topological polar surface area (TPSA) is 141 Å². The van der Waals surface area contributed by atoms with Crippen LogP contribution in [0.3, 0.4) is 0 Å². The molecule has 0 saturated heterocycles. The summed E-state index contributed by atoms with van der Waals surface area (Å²) in [7, 11) is 0. The van der Waals surface area contributed by atoms with Crippen molar-refractivity contribution in [2.75, 3.05) is 6.67 Å². The van der Waals surface area contributed by atoms with E-state index in [1.807, 2.05) is 0 Å². The van der Waals surface area contributed by atoms with Crippen LogP contribution in [0.25, 0.3) is 0 Å². The first-order chi connectivity index (χ1) is 9.93. The molecule has 1 atom stereocenters. The zero-order valence-electron chi connectivity index (χ0n) is 11.1. The number of alkyl halides is 4. The zero-order chi connectivity index (χ0) is 17.9. The van der Waals surface area contributed by atoms with Crippen LogP contribution in [0, 0.1) is 0 Å². The Balaban J connectivity index is 0. The van der Waals surface area contributed by atoms with Crippen molar-refractivity contribution >= 4 is 17.9 Å². The number of rotatable bonds is 7. The van der Waals surface area contributed by atoms with Gasteiger partial charge < -0.3 is 25.8 Å². The quantitative estimate of drug-likeness (QED) is 0.435. The molecule has 4 N–H and O–H groups in total. The highest BCUT2D eigenvalue weighted by molar-refractivity contribution is 5.86. The Bertz CT molecular complexity index is 421. The minimum atomic E-state index is -5.19. The molecule has 0 amide bonds. The third-order valence-electron chi connectivity index (χ3n) is 2.02. The molecular weight excluding hydrogens is 318 g/mol. The lowest BCUT2D eigenvalue weighted by Gasteiger charge is -2.04. The number of aliphatic carboxylic acids is 3. The van der Waals surface area contributed by atoms with Gasteiger partial charge in [-0.2, -0.15) is 13.2 Å². The van der Waals surface area contributed by atoms with Crippen LogP contribution in [0.4, 0.5) is 17.6 Å². The average molecular weight is 332 g/mol. The van der Waals surface area contributed by atoms with Crippen LogP contribution in [0.1, 0.15) is 19.3 Å². The molecule has 0 aromatic rings. The van der Waals surface area contributed by atoms with E-state index in [1.165, 1.54) is 6.08 Å². The number of carboxylic acids is 3. The molecule has 0 rings (SSSR count). The third kappa shape index (κ3) is 11.6. The van der Waals surface area contributed by atoms with Crippen molar-refractivity contribution in [1.82, 2.24) is 0 Å². The molecule has 0 aromatic carbocycles. The summed E-state index contributed by atoms with van der Waals surface area (Å²) in [6.45, 7) is -0.602. The van der Waals surface area contributed by atoms with Crippen molar-refractivity contribution in [3.05, 3.63) is 11.6 Å². The van der Waals surface area contributed by atoms with E-state index in [2.05, 4.69) is 0 Å². The minimum absolute atomic E-state index is 0.00403. The summed E-state index contributed by atoms with van der Waals surface area (Å²) in [5.41, 5.74) is 5.19. The predicted octanol–water partition coefficient (Wildman–Crippen LogP) is -0.152. The fourth-order valence-corrected chi connectivity index (χ4v) is 0.924. The van der Waals surface area contributed by atoms with Gasteiger partial charge in [0.15, 0.2) is 0 Å². The number of hydrogen-bond acceptors (Lipinski definition) is 5. The number of hydrogen-bond donors (Lipinski definition) is 3. The largest absolute Gasteiger partial charge is 0.542 e. The van der Waals surface area contributed by atoms with Crippen molar-refractivity contribution in [3.8, 4) is 0 Å². The summed E-state index contributed by atoms with van der Waals surface area (Å²) in [6.07, 6.45) is -3.83. The van der Waals surface area contributed by atoms with Gasteiger partial charge in [-0.3, -0.25) is 9.18 Å². The lowest BCUT2D eigenvalue weighted by atomic mass is 10.1. The molecular formula is C11H14F4NO6-. The highest BCUT2D eigenvalue weighted by atomic mass is 19.4. The van der Waals surface area contributed by atoms with Crippen molar-refractivity contribution < 1.29 is 47.3 Å². The van der Waals surface area contributed by atoms with Gasteiger partial charge in [-0.05, 0) is 19.3 Å². The second-order valence-corrected chi connectivity index (χ2v) is 3.79. The first-order valence-corrected chi connectivity index (χ1v) is 5.68. The maximum Gasteiger partial charge on any atom is 0.430 e. The van der Waals surface area contributed by atoms with Crippen LogP contribution in [-0.4, -0.2) is 47.0 Å². The van der Waals surface area contributed by atoms with Crippen molar-refractivity contribution in [3.63, 3.8) is 0 Å². The van der Waals surface area contributed by atoms with E-state index in [-0.39, 0.29) is 24.8 Å². The molecule has 0 bridgehead atoms. The third-order valence-corrected chi connectivity index (χ3v) is 2.02. The summed E-state index contributed by atoms with van der Waals surface area (Å²) < 4.78 is 43.4. The van der Waals surface area contributed by atoms with Crippen LogP contribution in [0.15, 0.2) is 11.6 Å². The number of carboxylic acid groups (broad SMARTS) is 3. The molecule has 0 spiro atoms. The summed E-state index contributed by atoms with van der Waals surface area (Å²) in [6, 6.07) is -1.12. The van der Waals surface area contributed by atoms with Gasteiger partial charge >= 0.3 is 18.1 Å². The van der Waals surface area contributed by atoms with Crippen molar-refractivity contribution in [1.29, 1.82) is 0 Å². The molecule has 0 aliphatic rings. The minimum Gasteiger partial charge on any atom is -0.542 e. The zero-order valence-corrected chi connectivity index (χ0v) is 11.1. The fraction of sp³-hybridized carbons (Fsp3) is 0.545. The monoisotopic (exact) mass is 332 g/mol. The molecule has 0 aliphatic carbocycles. The molecule has 0 aliphatic heterocycles. The molecule has 0 aromatic heterocycles. The SMILES string of the molecule is N[C@@H](C/C=C(/CCCF)C(=O)O)C(=O)O.O=C([O-])C(F)(F)F. The van der Waals surface area contributed by atoms with E-state index in [0.717, 1.165) is 0 Å². The Hall–Kier alpha value is -2.17. The first-order valence-electron chi connectivity index (χ1n) is 5.68. The van der Waals surface area contributed by atoms with Gasteiger partial charge in [0.05, 0.1) is 6.67 Å². The Kier molecular flexibility index (Phi) is 10.6. The second kappa shape index (κ2) is 10.5. The Morgan fingerprint density at radius 2 is 1.68 bits per heavy atom. The molecule has 7 nitrogen and oxygen atoms in total. The second-order valence-electron chi connectivity index (χ2n) is 3.79. The van der Waals surface area contributed by atoms with E-state index in [4.69, 9.17) is 25.8 Å². The first kappa shape index (κ1) is 22.1. The fourth-order valence-electron chi connectivity index (χ4n) is 0.924. The standard InChI is InChI=1S/C9H14FNO4.C2HF3O2/c10-5-1-2-6(8(12)13)3-4-7(11)9(14)15;3-2(4,5)1(6)7/h3,7H,1-2,4-5,11H2,(H,12,13)(H,14,15);(H,6,7)/p-1/b6-3-;/t7-;/m0./s1. The van der Waals surface area contributed by atoms with E-state index in [0.29, 0.717) is 0 Å². The average Bonchev–Trinajstić information content (AvgIpc) is 2.37. The summed E-state index contributed by atoms with van der Waals surface area (Å²) in [4.78, 5) is 29.7. The van der Waals surface area contributed by atoms with Gasteiger partial charge in [0, 0.05) is 5.57 Å². The van der Waals surface area contributed by atoms with E-state index in [9.17, 15) is 27.2 Å². The van der Waals surface area contributed by atoms with Crippen LogP contribution in [-0.2, 0) is 14.4 Å². The van der Waals surface area contributed by atoms with Crippen LogP contribution >= 0.6 is 0 Å². The number of halogens is 4. The number of nitrogens with two attached hydrogens (primary N) is 1. The van der Waals surface area contributed by atoms with E-state index in [1.54, 1.807) is 0 Å². The lowest BCUT2D eigenvalue weighted by molar-refractivity contribution is -0.344. The summed E-state index contributed by atoms with van der Waals surface area (Å²) in [5.74, 6) is -5.37. The van der Waals surface area contributed by atoms with Gasteiger partial charge in [-0.1, -0.05) is 6.08 Å². The molecule has 128 valence electrons. The molecule has 22 heavy (non-hydrogen) atoms. The Morgan fingerprint density at radius 3 is 1.95 bits per heavy atom. The lowest BCUT2D eigenvalue weighted by Crippen LogP contribution is -2.37. The normalized spacial score (nSPS) is 12.9. The maximum atomic E-state index is 11.8. The van der Waals surface area contributed by atoms with Gasteiger partial charge in [0.25, 0.3) is 0 Å². The maximum absolute atomic E-state index is 11.8. The van der Waals surface area contributed by atoms with E-state index >= 15 is 0 Å². The molecule has 0 fully saturated rings. The highest BCUT2D eigenvalue weighted by Crippen LogP contribution is 2.11. The number of carbonyl (C=O) groups is 3. The Morgan fingerprint density at radius 1 is 1.23 bits per heavy atom. The molecule has 11 heteroatoms. The number of carbonyl (C=O) groups excluding carboxylic acids is 1. The molecule has 0 radical (unpaired) electrons. The smallest absolute Gasteiger partial charge is 0.430 e. The van der Waals surface area contributed by atoms with Crippen LogP contribution < -0.4 is 10.8 Å². The van der Waals surface area contributed by atoms with Crippen molar-refractivity contribution in [2.45, 2.75) is 31.5 Å². The van der Waals surface area contributed by atoms with Gasteiger partial charge in [-0.15, -0.1) is 0 Å². The molecule has 0 unspecified atom stereocenters. The summed E-state index contributed by atoms with van der Waals surface area (Å²) >= 11 is 0. The Labute approximate surface area is 122 Å². The van der Waals surface area contributed by atoms with Crippen LogP contribution in [0.2, 0.25) is 0 Å². The van der Waals surface area contributed by atoms with Crippen molar-refractivity contribution in [2.24, 2.45) is 5.73 Å². The van der Waals surface area contributed by atoms with E-state index < -0.39 is 36.8 Å². The molecule has 0 heterocycles. The highest BCUT2D eigenvalue weighted by Gasteiger charge is 2.28. The van der Waals surface area contributed by atoms with Gasteiger partial charge in [0.2, 0.25) is 0 Å². The van der Waals surface area contributed by atoms with Gasteiger partial charge in [0.1, 0.15) is 12.0 Å². The molecule has 0 saturated carbocycles. The predicted molar refractivity (Wildman–Crippen MR) is 62.2 cm³/mol. The van der Waals surface area contributed by atoms with Crippen LogP contribution in [0.5, 0.6) is 0 Å². The van der Waals surface area contributed by atoms with Gasteiger partial charge in [-0.25, -0.2) is 4.79 Å².